The Kier molecular flexibility index (Phi) is 4.07. The Bertz CT molecular complexity index is 759. The summed E-state index contributed by atoms with van der Waals surface area (Å²) in [6.45, 7) is 1.92. The summed E-state index contributed by atoms with van der Waals surface area (Å²) in [5.41, 5.74) is 3.19. The molecule has 0 aliphatic heterocycles. The van der Waals surface area contributed by atoms with Crippen LogP contribution in [0.25, 0.3) is 10.8 Å². The van der Waals surface area contributed by atoms with Crippen LogP contribution in [0.4, 0.5) is 4.39 Å². The Hall–Kier alpha value is -1.67. The van der Waals surface area contributed by atoms with Gasteiger partial charge >= 0.3 is 0 Å². The second kappa shape index (κ2) is 5.98. The summed E-state index contributed by atoms with van der Waals surface area (Å²) >= 11 is 3.69. The Labute approximate surface area is 132 Å². The molecule has 106 valence electrons. The van der Waals surface area contributed by atoms with Gasteiger partial charge in [-0.2, -0.15) is 0 Å². The third-order valence-corrected chi connectivity index (χ3v) is 4.51. The molecular weight excluding hydrogens is 327 g/mol. The highest BCUT2D eigenvalue weighted by Gasteiger charge is 2.10. The van der Waals surface area contributed by atoms with Gasteiger partial charge < -0.3 is 0 Å². The van der Waals surface area contributed by atoms with Crippen molar-refractivity contribution in [2.24, 2.45) is 0 Å². The van der Waals surface area contributed by atoms with Crippen molar-refractivity contribution in [1.29, 1.82) is 0 Å². The van der Waals surface area contributed by atoms with E-state index in [4.69, 9.17) is 0 Å². The maximum atomic E-state index is 13.5. The van der Waals surface area contributed by atoms with Crippen LogP contribution in [0.2, 0.25) is 0 Å². The SMILES string of the molecule is Cc1cc(F)cc(C(Br)Cc2ccc3ccccc3c2)c1. The molecule has 2 heteroatoms. The molecule has 1 unspecified atom stereocenters. The first kappa shape index (κ1) is 14.3. The smallest absolute Gasteiger partial charge is 0.123 e. The van der Waals surface area contributed by atoms with Crippen LogP contribution in [-0.4, -0.2) is 0 Å². The van der Waals surface area contributed by atoms with Gasteiger partial charge in [0.2, 0.25) is 0 Å². The lowest BCUT2D eigenvalue weighted by molar-refractivity contribution is 0.623. The fourth-order valence-corrected chi connectivity index (χ4v) is 3.27. The van der Waals surface area contributed by atoms with Crippen LogP contribution in [0.15, 0.2) is 60.7 Å². The van der Waals surface area contributed by atoms with Gasteiger partial charge in [-0.25, -0.2) is 4.39 Å². The zero-order valence-corrected chi connectivity index (χ0v) is 13.4. The number of benzene rings is 3. The van der Waals surface area contributed by atoms with Gasteiger partial charge in [0.15, 0.2) is 0 Å². The molecule has 3 aromatic rings. The maximum absolute atomic E-state index is 13.5. The molecule has 3 aromatic carbocycles. The van der Waals surface area contributed by atoms with E-state index in [0.29, 0.717) is 0 Å². The number of aryl methyl sites for hydroxylation is 1. The molecular formula is C19H16BrF. The van der Waals surface area contributed by atoms with E-state index in [1.165, 1.54) is 16.3 Å². The van der Waals surface area contributed by atoms with Crippen LogP contribution in [0.3, 0.4) is 0 Å². The average Bonchev–Trinajstić information content (AvgIpc) is 2.46. The van der Waals surface area contributed by atoms with Crippen molar-refractivity contribution < 1.29 is 4.39 Å². The third-order valence-electron chi connectivity index (χ3n) is 3.65. The molecule has 0 aliphatic rings. The van der Waals surface area contributed by atoms with E-state index in [9.17, 15) is 4.39 Å². The van der Waals surface area contributed by atoms with Gasteiger partial charge in [-0.05, 0) is 52.9 Å². The fourth-order valence-electron chi connectivity index (χ4n) is 2.64. The zero-order valence-electron chi connectivity index (χ0n) is 11.8. The van der Waals surface area contributed by atoms with Crippen LogP contribution in [0.5, 0.6) is 0 Å². The van der Waals surface area contributed by atoms with Crippen molar-refractivity contribution in [2.45, 2.75) is 18.2 Å². The number of hydrogen-bond acceptors (Lipinski definition) is 0. The molecule has 0 heterocycles. The summed E-state index contributed by atoms with van der Waals surface area (Å²) in [7, 11) is 0. The zero-order chi connectivity index (χ0) is 14.8. The van der Waals surface area contributed by atoms with Gasteiger partial charge in [0.05, 0.1) is 0 Å². The minimum Gasteiger partial charge on any atom is -0.207 e. The van der Waals surface area contributed by atoms with Gasteiger partial charge in [0.25, 0.3) is 0 Å². The third kappa shape index (κ3) is 3.33. The van der Waals surface area contributed by atoms with E-state index in [0.717, 1.165) is 17.5 Å². The molecule has 0 nitrogen and oxygen atoms in total. The maximum Gasteiger partial charge on any atom is 0.123 e. The molecule has 0 saturated carbocycles. The molecule has 1 atom stereocenters. The molecule has 0 amide bonds. The summed E-state index contributed by atoms with van der Waals surface area (Å²) in [6, 6.07) is 20.0. The summed E-state index contributed by atoms with van der Waals surface area (Å²) in [5.74, 6) is -0.173. The van der Waals surface area contributed by atoms with E-state index >= 15 is 0 Å². The van der Waals surface area contributed by atoms with Gasteiger partial charge in [-0.15, -0.1) is 0 Å². The van der Waals surface area contributed by atoms with E-state index in [1.807, 2.05) is 25.1 Å². The Morgan fingerprint density at radius 2 is 1.71 bits per heavy atom. The van der Waals surface area contributed by atoms with Crippen LogP contribution < -0.4 is 0 Å². The topological polar surface area (TPSA) is 0 Å². The Morgan fingerprint density at radius 1 is 0.952 bits per heavy atom. The molecule has 0 radical (unpaired) electrons. The van der Waals surface area contributed by atoms with E-state index in [-0.39, 0.29) is 10.6 Å². The lowest BCUT2D eigenvalue weighted by Gasteiger charge is -2.12. The number of hydrogen-bond donors (Lipinski definition) is 0. The molecule has 0 fully saturated rings. The second-order valence-corrected chi connectivity index (χ2v) is 6.52. The van der Waals surface area contributed by atoms with Gasteiger partial charge in [0, 0.05) is 4.83 Å². The average molecular weight is 343 g/mol. The van der Waals surface area contributed by atoms with Crippen LogP contribution in [0, 0.1) is 12.7 Å². The molecule has 0 aromatic heterocycles. The second-order valence-electron chi connectivity index (χ2n) is 5.42. The minimum atomic E-state index is -0.173. The highest BCUT2D eigenvalue weighted by molar-refractivity contribution is 9.09. The number of alkyl halides is 1. The molecule has 0 bridgehead atoms. The molecule has 21 heavy (non-hydrogen) atoms. The van der Waals surface area contributed by atoms with Crippen molar-refractivity contribution in [3.8, 4) is 0 Å². The summed E-state index contributed by atoms with van der Waals surface area (Å²) in [5, 5.41) is 2.49. The van der Waals surface area contributed by atoms with Crippen LogP contribution in [0.1, 0.15) is 21.5 Å². The predicted molar refractivity (Wildman–Crippen MR) is 90.5 cm³/mol. The quantitative estimate of drug-likeness (QED) is 0.514. The number of halogens is 2. The van der Waals surface area contributed by atoms with Gasteiger partial charge in [-0.3, -0.25) is 0 Å². The van der Waals surface area contributed by atoms with E-state index in [1.54, 1.807) is 12.1 Å². The predicted octanol–water partition coefficient (Wildman–Crippen LogP) is 5.97. The first-order valence-electron chi connectivity index (χ1n) is 7.01. The monoisotopic (exact) mass is 342 g/mol. The fraction of sp³-hybridized carbons (Fsp3) is 0.158. The normalized spacial score (nSPS) is 12.5. The molecule has 0 spiro atoms. The molecule has 0 saturated heterocycles. The standard InChI is InChI=1S/C19H16BrF/c1-13-8-17(12-18(21)9-13)19(20)11-14-6-7-15-4-2-3-5-16(15)10-14/h2-10,12,19H,11H2,1H3. The lowest BCUT2D eigenvalue weighted by atomic mass is 10.00. The van der Waals surface area contributed by atoms with E-state index < -0.39 is 0 Å². The van der Waals surface area contributed by atoms with Crippen LogP contribution in [-0.2, 0) is 6.42 Å². The van der Waals surface area contributed by atoms with Crippen molar-refractivity contribution >= 4 is 26.7 Å². The van der Waals surface area contributed by atoms with Gasteiger partial charge in [0.1, 0.15) is 5.82 Å². The minimum absolute atomic E-state index is 0.119. The molecule has 0 aliphatic carbocycles. The van der Waals surface area contributed by atoms with Crippen molar-refractivity contribution in [3.05, 3.63) is 83.2 Å². The van der Waals surface area contributed by atoms with Crippen molar-refractivity contribution in [1.82, 2.24) is 0 Å². The number of fused-ring (bicyclic) bond motifs is 1. The first-order valence-corrected chi connectivity index (χ1v) is 7.92. The Morgan fingerprint density at radius 3 is 2.48 bits per heavy atom. The van der Waals surface area contributed by atoms with Crippen molar-refractivity contribution in [3.63, 3.8) is 0 Å². The highest BCUT2D eigenvalue weighted by Crippen LogP contribution is 2.29. The van der Waals surface area contributed by atoms with Crippen molar-refractivity contribution in [2.75, 3.05) is 0 Å². The lowest BCUT2D eigenvalue weighted by Crippen LogP contribution is -1.97. The summed E-state index contributed by atoms with van der Waals surface area (Å²) < 4.78 is 13.5. The largest absolute Gasteiger partial charge is 0.207 e. The summed E-state index contributed by atoms with van der Waals surface area (Å²) in [6.07, 6.45) is 0.841. The van der Waals surface area contributed by atoms with E-state index in [2.05, 4.69) is 46.3 Å². The Balaban J connectivity index is 1.86. The number of rotatable bonds is 3. The summed E-state index contributed by atoms with van der Waals surface area (Å²) in [4.78, 5) is 0.119. The molecule has 0 N–H and O–H groups in total. The molecule has 3 rings (SSSR count). The van der Waals surface area contributed by atoms with Crippen LogP contribution >= 0.6 is 15.9 Å². The first-order chi connectivity index (χ1) is 10.1. The van der Waals surface area contributed by atoms with Gasteiger partial charge in [-0.1, -0.05) is 64.5 Å². The highest BCUT2D eigenvalue weighted by atomic mass is 79.9.